The number of thiophene rings is 1. The van der Waals surface area contributed by atoms with Crippen molar-refractivity contribution in [2.45, 2.75) is 13.3 Å². The van der Waals surface area contributed by atoms with Crippen LogP contribution in [0.1, 0.15) is 12.7 Å². The molecule has 0 bridgehead atoms. The van der Waals surface area contributed by atoms with E-state index in [0.29, 0.717) is 5.82 Å². The van der Waals surface area contributed by atoms with Crippen molar-refractivity contribution < 1.29 is 0 Å². The van der Waals surface area contributed by atoms with Gasteiger partial charge in [0.05, 0.1) is 10.2 Å². The minimum Gasteiger partial charge on any atom is -0.382 e. The third-order valence-electron chi connectivity index (χ3n) is 1.69. The molecule has 3 nitrogen and oxygen atoms in total. The molecule has 12 heavy (non-hydrogen) atoms. The zero-order chi connectivity index (χ0) is 8.55. The summed E-state index contributed by atoms with van der Waals surface area (Å²) in [5, 5.41) is 1.98. The Labute approximate surface area is 74.3 Å². The molecule has 2 aromatic heterocycles. The minimum atomic E-state index is 0.604. The largest absolute Gasteiger partial charge is 0.382 e. The zero-order valence-electron chi connectivity index (χ0n) is 6.74. The number of rotatable bonds is 1. The number of aromatic nitrogens is 2. The Morgan fingerprint density at radius 3 is 3.08 bits per heavy atom. The van der Waals surface area contributed by atoms with E-state index in [1.54, 1.807) is 11.3 Å². The van der Waals surface area contributed by atoms with Gasteiger partial charge in [0.15, 0.2) is 0 Å². The maximum Gasteiger partial charge on any atom is 0.145 e. The molecule has 2 N–H and O–H groups in total. The van der Waals surface area contributed by atoms with Crippen LogP contribution >= 0.6 is 11.3 Å². The monoisotopic (exact) mass is 179 g/mol. The SMILES string of the molecule is CCc1nc(N)c2sccc2n1. The summed E-state index contributed by atoms with van der Waals surface area (Å²) < 4.78 is 0.993. The maximum absolute atomic E-state index is 5.74. The lowest BCUT2D eigenvalue weighted by Crippen LogP contribution is -1.97. The Hall–Kier alpha value is -1.16. The molecule has 2 aromatic rings. The first kappa shape index (κ1) is 7.49. The predicted octanol–water partition coefficient (Wildman–Crippen LogP) is 1.84. The van der Waals surface area contributed by atoms with Gasteiger partial charge in [-0.15, -0.1) is 11.3 Å². The number of nitrogens with two attached hydrogens (primary N) is 1. The lowest BCUT2D eigenvalue weighted by atomic mass is 10.4. The van der Waals surface area contributed by atoms with Gasteiger partial charge in [0.1, 0.15) is 11.6 Å². The Bertz CT molecular complexity index is 408. The fourth-order valence-corrected chi connectivity index (χ4v) is 1.83. The van der Waals surface area contributed by atoms with Crippen molar-refractivity contribution in [2.75, 3.05) is 5.73 Å². The Balaban J connectivity index is 2.75. The maximum atomic E-state index is 5.74. The van der Waals surface area contributed by atoms with E-state index in [1.165, 1.54) is 0 Å². The molecule has 0 fully saturated rings. The summed E-state index contributed by atoms with van der Waals surface area (Å²) in [6.07, 6.45) is 0.829. The molecule has 2 heterocycles. The molecule has 0 saturated carbocycles. The quantitative estimate of drug-likeness (QED) is 0.726. The van der Waals surface area contributed by atoms with Crippen molar-refractivity contribution in [2.24, 2.45) is 0 Å². The third kappa shape index (κ3) is 1.04. The number of hydrogen-bond donors (Lipinski definition) is 1. The first-order valence-corrected chi connectivity index (χ1v) is 4.69. The molecule has 0 aromatic carbocycles. The highest BCUT2D eigenvalue weighted by atomic mass is 32.1. The summed E-state index contributed by atoms with van der Waals surface area (Å²) in [6, 6.07) is 1.97. The number of anilines is 1. The van der Waals surface area contributed by atoms with Crippen molar-refractivity contribution in [3.05, 3.63) is 17.3 Å². The highest BCUT2D eigenvalue weighted by Gasteiger charge is 2.03. The van der Waals surface area contributed by atoms with E-state index in [2.05, 4.69) is 9.97 Å². The van der Waals surface area contributed by atoms with E-state index < -0.39 is 0 Å². The minimum absolute atomic E-state index is 0.604. The van der Waals surface area contributed by atoms with E-state index in [-0.39, 0.29) is 0 Å². The van der Waals surface area contributed by atoms with Crippen LogP contribution in [-0.4, -0.2) is 9.97 Å². The lowest BCUT2D eigenvalue weighted by Gasteiger charge is -1.98. The molecule has 0 amide bonds. The molecule has 0 atom stereocenters. The average Bonchev–Trinajstić information content (AvgIpc) is 2.52. The zero-order valence-corrected chi connectivity index (χ0v) is 7.56. The smallest absolute Gasteiger partial charge is 0.145 e. The second kappa shape index (κ2) is 2.71. The van der Waals surface area contributed by atoms with E-state index in [9.17, 15) is 0 Å². The van der Waals surface area contributed by atoms with Gasteiger partial charge in [-0.1, -0.05) is 6.92 Å². The van der Waals surface area contributed by atoms with Crippen LogP contribution in [-0.2, 0) is 6.42 Å². The molecule has 0 spiro atoms. The molecule has 0 radical (unpaired) electrons. The second-order valence-electron chi connectivity index (χ2n) is 2.51. The average molecular weight is 179 g/mol. The first-order valence-electron chi connectivity index (χ1n) is 3.81. The molecule has 0 aliphatic carbocycles. The predicted molar refractivity (Wildman–Crippen MR) is 51.2 cm³/mol. The summed E-state index contributed by atoms with van der Waals surface area (Å²) >= 11 is 1.58. The van der Waals surface area contributed by atoms with E-state index in [4.69, 9.17) is 5.73 Å². The summed E-state index contributed by atoms with van der Waals surface area (Å²) in [6.45, 7) is 2.02. The van der Waals surface area contributed by atoms with E-state index in [1.807, 2.05) is 18.4 Å². The van der Waals surface area contributed by atoms with Crippen molar-refractivity contribution in [3.63, 3.8) is 0 Å². The molecule has 0 aliphatic heterocycles. The summed E-state index contributed by atoms with van der Waals surface area (Å²) in [5.41, 5.74) is 6.70. The van der Waals surface area contributed by atoms with Crippen LogP contribution in [0.15, 0.2) is 11.4 Å². The van der Waals surface area contributed by atoms with Gasteiger partial charge >= 0.3 is 0 Å². The number of aryl methyl sites for hydroxylation is 1. The van der Waals surface area contributed by atoms with Gasteiger partial charge in [-0.05, 0) is 11.4 Å². The number of nitrogens with zero attached hydrogens (tertiary/aromatic N) is 2. The van der Waals surface area contributed by atoms with Crippen LogP contribution in [0.2, 0.25) is 0 Å². The van der Waals surface area contributed by atoms with Gasteiger partial charge in [-0.3, -0.25) is 0 Å². The van der Waals surface area contributed by atoms with Crippen molar-refractivity contribution in [1.82, 2.24) is 9.97 Å². The topological polar surface area (TPSA) is 51.8 Å². The summed E-state index contributed by atoms with van der Waals surface area (Å²) in [7, 11) is 0. The van der Waals surface area contributed by atoms with Crippen LogP contribution in [0.3, 0.4) is 0 Å². The fraction of sp³-hybridized carbons (Fsp3) is 0.250. The molecule has 62 valence electrons. The Morgan fingerprint density at radius 1 is 1.50 bits per heavy atom. The van der Waals surface area contributed by atoms with Crippen LogP contribution in [0.4, 0.5) is 5.82 Å². The lowest BCUT2D eigenvalue weighted by molar-refractivity contribution is 0.967. The van der Waals surface area contributed by atoms with Gasteiger partial charge in [0.2, 0.25) is 0 Å². The summed E-state index contributed by atoms with van der Waals surface area (Å²) in [5.74, 6) is 1.42. The molecule has 0 aliphatic rings. The molecule has 0 saturated heterocycles. The highest BCUT2D eigenvalue weighted by Crippen LogP contribution is 2.23. The summed E-state index contributed by atoms with van der Waals surface area (Å²) in [4.78, 5) is 8.50. The fourth-order valence-electron chi connectivity index (χ4n) is 1.09. The van der Waals surface area contributed by atoms with E-state index >= 15 is 0 Å². The molecule has 2 rings (SSSR count). The van der Waals surface area contributed by atoms with Crippen LogP contribution in [0, 0.1) is 0 Å². The van der Waals surface area contributed by atoms with Crippen LogP contribution in [0.5, 0.6) is 0 Å². The number of nitrogen functional groups attached to an aromatic ring is 1. The Morgan fingerprint density at radius 2 is 2.33 bits per heavy atom. The first-order chi connectivity index (χ1) is 5.81. The highest BCUT2D eigenvalue weighted by molar-refractivity contribution is 7.17. The van der Waals surface area contributed by atoms with Gasteiger partial charge in [-0.25, -0.2) is 9.97 Å². The van der Waals surface area contributed by atoms with Gasteiger partial charge in [0.25, 0.3) is 0 Å². The molecule has 0 unspecified atom stereocenters. The number of hydrogen-bond acceptors (Lipinski definition) is 4. The third-order valence-corrected chi connectivity index (χ3v) is 2.62. The molecule has 4 heteroatoms. The number of fused-ring (bicyclic) bond motifs is 1. The van der Waals surface area contributed by atoms with Crippen molar-refractivity contribution in [1.29, 1.82) is 0 Å². The normalized spacial score (nSPS) is 10.8. The van der Waals surface area contributed by atoms with Gasteiger partial charge in [-0.2, -0.15) is 0 Å². The molecular weight excluding hydrogens is 170 g/mol. The molecular formula is C8H9N3S. The van der Waals surface area contributed by atoms with Crippen molar-refractivity contribution >= 4 is 27.4 Å². The van der Waals surface area contributed by atoms with Crippen molar-refractivity contribution in [3.8, 4) is 0 Å². The van der Waals surface area contributed by atoms with E-state index in [0.717, 1.165) is 22.5 Å². The van der Waals surface area contributed by atoms with Crippen LogP contribution in [0.25, 0.3) is 10.2 Å². The standard InChI is InChI=1S/C8H9N3S/c1-2-6-10-5-3-4-12-7(5)8(9)11-6/h3-4H,2H2,1H3,(H2,9,10,11). The van der Waals surface area contributed by atoms with Gasteiger partial charge < -0.3 is 5.73 Å². The van der Waals surface area contributed by atoms with Crippen LogP contribution < -0.4 is 5.73 Å². The van der Waals surface area contributed by atoms with Gasteiger partial charge in [0, 0.05) is 6.42 Å². The second-order valence-corrected chi connectivity index (χ2v) is 3.43. The Kier molecular flexibility index (Phi) is 1.69.